The van der Waals surface area contributed by atoms with Gasteiger partial charge in [0.1, 0.15) is 17.2 Å². The summed E-state index contributed by atoms with van der Waals surface area (Å²) in [6.07, 6.45) is 5.35. The molecule has 0 unspecified atom stereocenters. The Morgan fingerprint density at radius 3 is 2.61 bits per heavy atom. The number of anilines is 1. The molecule has 0 spiro atoms. The topological polar surface area (TPSA) is 44.5 Å². The minimum Gasteiger partial charge on any atom is -0.491 e. The van der Waals surface area contributed by atoms with Gasteiger partial charge >= 0.3 is 0 Å². The maximum atomic E-state index is 6.04. The molecule has 1 saturated carbocycles. The Kier molecular flexibility index (Phi) is 4.34. The molecule has 0 saturated heterocycles. The molecule has 2 N–H and O–H groups in total. The summed E-state index contributed by atoms with van der Waals surface area (Å²) in [5.74, 6) is 2.32. The zero-order valence-corrected chi connectivity index (χ0v) is 11.3. The Labute approximate surface area is 109 Å². The lowest BCUT2D eigenvalue weighted by molar-refractivity contribution is 0.220. The van der Waals surface area contributed by atoms with Gasteiger partial charge in [-0.3, -0.25) is 0 Å². The minimum atomic E-state index is 0.123. The smallest absolute Gasteiger partial charge is 0.146 e. The SMILES string of the molecule is CC(C)Oc1cccc(OCCC2CCC2)c1N. The van der Waals surface area contributed by atoms with E-state index < -0.39 is 0 Å². The summed E-state index contributed by atoms with van der Waals surface area (Å²) in [6, 6.07) is 5.71. The zero-order valence-electron chi connectivity index (χ0n) is 11.3. The zero-order chi connectivity index (χ0) is 13.0. The van der Waals surface area contributed by atoms with Crippen molar-refractivity contribution in [3.8, 4) is 11.5 Å². The molecule has 100 valence electrons. The van der Waals surface area contributed by atoms with E-state index in [9.17, 15) is 0 Å². The summed E-state index contributed by atoms with van der Waals surface area (Å²) >= 11 is 0. The van der Waals surface area contributed by atoms with E-state index in [1.165, 1.54) is 19.3 Å². The Morgan fingerprint density at radius 2 is 2.00 bits per heavy atom. The van der Waals surface area contributed by atoms with Crippen LogP contribution in [0.3, 0.4) is 0 Å². The number of hydrogen-bond acceptors (Lipinski definition) is 3. The number of benzene rings is 1. The molecule has 0 radical (unpaired) electrons. The lowest BCUT2D eigenvalue weighted by Crippen LogP contribution is -2.15. The molecule has 18 heavy (non-hydrogen) atoms. The van der Waals surface area contributed by atoms with Crippen molar-refractivity contribution >= 4 is 5.69 Å². The first-order valence-electron chi connectivity index (χ1n) is 6.84. The average Bonchev–Trinajstić information content (AvgIpc) is 2.26. The highest BCUT2D eigenvalue weighted by Gasteiger charge is 2.17. The molecule has 2 rings (SSSR count). The number of ether oxygens (including phenoxy) is 2. The van der Waals surface area contributed by atoms with E-state index in [2.05, 4.69) is 0 Å². The molecule has 1 fully saturated rings. The molecule has 0 amide bonds. The first kappa shape index (κ1) is 13.1. The average molecular weight is 249 g/mol. The number of nitrogen functional groups attached to an aromatic ring is 1. The third kappa shape index (κ3) is 3.31. The fraction of sp³-hybridized carbons (Fsp3) is 0.600. The van der Waals surface area contributed by atoms with Crippen LogP contribution in [0.25, 0.3) is 0 Å². The predicted molar refractivity (Wildman–Crippen MR) is 74.1 cm³/mol. The summed E-state index contributed by atoms with van der Waals surface area (Å²) in [4.78, 5) is 0. The molecule has 1 aliphatic carbocycles. The van der Waals surface area contributed by atoms with E-state index in [4.69, 9.17) is 15.2 Å². The van der Waals surface area contributed by atoms with Gasteiger partial charge in [0.2, 0.25) is 0 Å². The Bertz CT molecular complexity index is 386. The predicted octanol–water partition coefficient (Wildman–Crippen LogP) is 3.63. The fourth-order valence-corrected chi connectivity index (χ4v) is 2.12. The van der Waals surface area contributed by atoms with E-state index in [0.717, 1.165) is 24.7 Å². The van der Waals surface area contributed by atoms with Crippen LogP contribution < -0.4 is 15.2 Å². The number of nitrogens with two attached hydrogens (primary N) is 1. The maximum Gasteiger partial charge on any atom is 0.146 e. The molecule has 0 aliphatic heterocycles. The van der Waals surface area contributed by atoms with Gasteiger partial charge in [-0.1, -0.05) is 25.3 Å². The van der Waals surface area contributed by atoms with Gasteiger partial charge in [-0.05, 0) is 38.3 Å². The molecule has 3 heteroatoms. The lowest BCUT2D eigenvalue weighted by atomic mass is 9.83. The van der Waals surface area contributed by atoms with E-state index in [1.54, 1.807) is 0 Å². The highest BCUT2D eigenvalue weighted by molar-refractivity contribution is 5.62. The van der Waals surface area contributed by atoms with Crippen LogP contribution in [0.1, 0.15) is 39.5 Å². The third-order valence-electron chi connectivity index (χ3n) is 3.40. The van der Waals surface area contributed by atoms with Crippen LogP contribution in [0.5, 0.6) is 11.5 Å². The molecular formula is C15H23NO2. The van der Waals surface area contributed by atoms with Gasteiger partial charge in [0.05, 0.1) is 12.7 Å². The Balaban J connectivity index is 1.90. The van der Waals surface area contributed by atoms with Crippen molar-refractivity contribution in [2.75, 3.05) is 12.3 Å². The van der Waals surface area contributed by atoms with Crippen LogP contribution in [0.15, 0.2) is 18.2 Å². The van der Waals surface area contributed by atoms with Crippen molar-refractivity contribution in [2.45, 2.75) is 45.6 Å². The summed E-state index contributed by atoms with van der Waals surface area (Å²) in [5, 5.41) is 0. The van der Waals surface area contributed by atoms with E-state index in [1.807, 2.05) is 32.0 Å². The van der Waals surface area contributed by atoms with Crippen LogP contribution in [0, 0.1) is 5.92 Å². The summed E-state index contributed by atoms with van der Waals surface area (Å²) in [7, 11) is 0. The number of rotatable bonds is 6. The van der Waals surface area contributed by atoms with Gasteiger partial charge in [-0.2, -0.15) is 0 Å². The molecule has 0 bridgehead atoms. The normalized spacial score (nSPS) is 15.5. The standard InChI is InChI=1S/C15H23NO2/c1-11(2)18-14-8-4-7-13(15(14)16)17-10-9-12-5-3-6-12/h4,7-8,11-12H,3,5-6,9-10,16H2,1-2H3. The fourth-order valence-electron chi connectivity index (χ4n) is 2.12. The van der Waals surface area contributed by atoms with Gasteiger partial charge in [0.25, 0.3) is 0 Å². The van der Waals surface area contributed by atoms with Gasteiger partial charge in [-0.25, -0.2) is 0 Å². The van der Waals surface area contributed by atoms with Crippen LogP contribution >= 0.6 is 0 Å². The molecule has 0 heterocycles. The molecule has 1 aromatic rings. The van der Waals surface area contributed by atoms with E-state index in [0.29, 0.717) is 11.4 Å². The summed E-state index contributed by atoms with van der Waals surface area (Å²) in [5.41, 5.74) is 6.66. The second kappa shape index (κ2) is 5.98. The van der Waals surface area contributed by atoms with Crippen LogP contribution in [0.2, 0.25) is 0 Å². The highest BCUT2D eigenvalue weighted by atomic mass is 16.5. The lowest BCUT2D eigenvalue weighted by Gasteiger charge is -2.25. The highest BCUT2D eigenvalue weighted by Crippen LogP contribution is 2.33. The van der Waals surface area contributed by atoms with Gasteiger partial charge in [-0.15, -0.1) is 0 Å². The van der Waals surface area contributed by atoms with Crippen LogP contribution in [-0.4, -0.2) is 12.7 Å². The van der Waals surface area contributed by atoms with Crippen molar-refractivity contribution in [2.24, 2.45) is 5.92 Å². The first-order valence-corrected chi connectivity index (χ1v) is 6.84. The monoisotopic (exact) mass is 249 g/mol. The van der Waals surface area contributed by atoms with Crippen molar-refractivity contribution in [3.63, 3.8) is 0 Å². The molecule has 1 aromatic carbocycles. The summed E-state index contributed by atoms with van der Waals surface area (Å²) in [6.45, 7) is 4.73. The minimum absolute atomic E-state index is 0.123. The molecule has 1 aliphatic rings. The van der Waals surface area contributed by atoms with E-state index >= 15 is 0 Å². The molecule has 3 nitrogen and oxygen atoms in total. The Hall–Kier alpha value is -1.38. The van der Waals surface area contributed by atoms with Crippen molar-refractivity contribution in [3.05, 3.63) is 18.2 Å². The second-order valence-corrected chi connectivity index (χ2v) is 5.27. The van der Waals surface area contributed by atoms with Crippen molar-refractivity contribution in [1.82, 2.24) is 0 Å². The summed E-state index contributed by atoms with van der Waals surface area (Å²) < 4.78 is 11.4. The van der Waals surface area contributed by atoms with Crippen molar-refractivity contribution < 1.29 is 9.47 Å². The molecular weight excluding hydrogens is 226 g/mol. The van der Waals surface area contributed by atoms with Gasteiger partial charge < -0.3 is 15.2 Å². The number of hydrogen-bond donors (Lipinski definition) is 1. The largest absolute Gasteiger partial charge is 0.491 e. The quantitative estimate of drug-likeness (QED) is 0.783. The molecule has 0 atom stereocenters. The molecule has 0 aromatic heterocycles. The first-order chi connectivity index (χ1) is 8.66. The van der Waals surface area contributed by atoms with Gasteiger partial charge in [0, 0.05) is 0 Å². The maximum absolute atomic E-state index is 6.04. The van der Waals surface area contributed by atoms with Crippen molar-refractivity contribution in [1.29, 1.82) is 0 Å². The third-order valence-corrected chi connectivity index (χ3v) is 3.40. The second-order valence-electron chi connectivity index (χ2n) is 5.27. The van der Waals surface area contributed by atoms with Crippen LogP contribution in [-0.2, 0) is 0 Å². The van der Waals surface area contributed by atoms with E-state index in [-0.39, 0.29) is 6.10 Å². The van der Waals surface area contributed by atoms with Gasteiger partial charge in [0.15, 0.2) is 0 Å². The number of para-hydroxylation sites is 1. The Morgan fingerprint density at radius 1 is 1.28 bits per heavy atom. The van der Waals surface area contributed by atoms with Crippen LogP contribution in [0.4, 0.5) is 5.69 Å².